The number of hydrogen-bond acceptors (Lipinski definition) is 6. The minimum atomic E-state index is -0.207. The number of thiophene rings is 1. The van der Waals surface area contributed by atoms with E-state index in [0.717, 1.165) is 49.1 Å². The Balaban J connectivity index is 1.48. The Hall–Kier alpha value is -3.33. The van der Waals surface area contributed by atoms with Crippen LogP contribution in [0.15, 0.2) is 78.2 Å². The lowest BCUT2D eigenvalue weighted by atomic mass is 10.2. The molecular formula is C25H25N5O2S. The number of hydrogen-bond donors (Lipinski definition) is 0. The largest absolute Gasteiger partial charge is 0.379 e. The molecular weight excluding hydrogens is 434 g/mol. The van der Waals surface area contributed by atoms with Gasteiger partial charge in [0.1, 0.15) is 0 Å². The van der Waals surface area contributed by atoms with Gasteiger partial charge in [0, 0.05) is 31.9 Å². The second-order valence-corrected chi connectivity index (χ2v) is 8.68. The third kappa shape index (κ3) is 4.88. The highest BCUT2D eigenvalue weighted by molar-refractivity contribution is 7.13. The van der Waals surface area contributed by atoms with E-state index in [1.54, 1.807) is 20.9 Å². The smallest absolute Gasteiger partial charge is 0.298 e. The zero-order valence-electron chi connectivity index (χ0n) is 18.2. The van der Waals surface area contributed by atoms with Gasteiger partial charge >= 0.3 is 0 Å². The summed E-state index contributed by atoms with van der Waals surface area (Å²) in [4.78, 5) is 23.5. The minimum Gasteiger partial charge on any atom is -0.379 e. The molecule has 33 heavy (non-hydrogen) atoms. The lowest BCUT2D eigenvalue weighted by Crippen LogP contribution is -2.43. The van der Waals surface area contributed by atoms with Crippen molar-refractivity contribution in [3.63, 3.8) is 0 Å². The lowest BCUT2D eigenvalue weighted by molar-refractivity contribution is 0.0391. The predicted molar refractivity (Wildman–Crippen MR) is 130 cm³/mol. The molecule has 1 amide bonds. The number of rotatable bonds is 7. The Morgan fingerprint density at radius 2 is 1.70 bits per heavy atom. The molecule has 1 fully saturated rings. The molecule has 0 bridgehead atoms. The van der Waals surface area contributed by atoms with Crippen LogP contribution in [-0.2, 0) is 4.74 Å². The van der Waals surface area contributed by atoms with Crippen molar-refractivity contribution in [2.45, 2.75) is 0 Å². The van der Waals surface area contributed by atoms with Gasteiger partial charge in [-0.05, 0) is 35.7 Å². The number of amides is 1. The molecule has 2 aromatic carbocycles. The van der Waals surface area contributed by atoms with Crippen molar-refractivity contribution >= 4 is 22.9 Å². The summed E-state index contributed by atoms with van der Waals surface area (Å²) in [6.07, 6.45) is 0. The van der Waals surface area contributed by atoms with E-state index in [0.29, 0.717) is 12.4 Å². The predicted octanol–water partition coefficient (Wildman–Crippen LogP) is 3.97. The number of para-hydroxylation sites is 2. The van der Waals surface area contributed by atoms with Crippen molar-refractivity contribution in [3.8, 4) is 16.4 Å². The standard InChI is InChI=1S/C25H25N5O2S/c31-25(29(20-8-3-1-4-9-20)14-13-28-15-17-32-18-16-28)23-26-24(22-12-7-19-33-22)30(27-23)21-10-5-2-6-11-21/h1-12,19H,13-18H2. The van der Waals surface area contributed by atoms with E-state index >= 15 is 0 Å². The van der Waals surface area contributed by atoms with Gasteiger partial charge in [0.2, 0.25) is 5.82 Å². The Bertz CT molecular complexity index is 1170. The van der Waals surface area contributed by atoms with Gasteiger partial charge in [0.15, 0.2) is 5.82 Å². The highest BCUT2D eigenvalue weighted by Gasteiger charge is 2.25. The number of morpholine rings is 1. The third-order valence-corrected chi connectivity index (χ3v) is 6.46. The van der Waals surface area contributed by atoms with Crippen LogP contribution < -0.4 is 4.90 Å². The van der Waals surface area contributed by atoms with Crippen LogP contribution in [-0.4, -0.2) is 65.0 Å². The first-order valence-corrected chi connectivity index (χ1v) is 11.9. The van der Waals surface area contributed by atoms with Crippen molar-refractivity contribution in [1.29, 1.82) is 0 Å². The molecule has 168 valence electrons. The number of anilines is 1. The van der Waals surface area contributed by atoms with Gasteiger partial charge in [-0.3, -0.25) is 9.69 Å². The molecule has 3 heterocycles. The SMILES string of the molecule is O=C(c1nc(-c2cccs2)n(-c2ccccc2)n1)N(CCN1CCOCC1)c1ccccc1. The maximum absolute atomic E-state index is 13.7. The first-order chi connectivity index (χ1) is 16.3. The Morgan fingerprint density at radius 3 is 2.39 bits per heavy atom. The first kappa shape index (κ1) is 21.5. The van der Waals surface area contributed by atoms with Gasteiger partial charge < -0.3 is 9.64 Å². The fourth-order valence-electron chi connectivity index (χ4n) is 3.86. The highest BCUT2D eigenvalue weighted by Crippen LogP contribution is 2.26. The van der Waals surface area contributed by atoms with Crippen LogP contribution >= 0.6 is 11.3 Å². The fraction of sp³-hybridized carbons (Fsp3) is 0.240. The van der Waals surface area contributed by atoms with Gasteiger partial charge in [-0.2, -0.15) is 0 Å². The molecule has 1 saturated heterocycles. The molecule has 1 aliphatic heterocycles. The zero-order chi connectivity index (χ0) is 22.5. The molecule has 7 nitrogen and oxygen atoms in total. The van der Waals surface area contributed by atoms with Crippen molar-refractivity contribution in [2.75, 3.05) is 44.3 Å². The summed E-state index contributed by atoms with van der Waals surface area (Å²) >= 11 is 1.58. The second-order valence-electron chi connectivity index (χ2n) is 7.73. The molecule has 2 aromatic heterocycles. The molecule has 5 rings (SSSR count). The van der Waals surface area contributed by atoms with Crippen molar-refractivity contribution in [3.05, 3.63) is 84.0 Å². The highest BCUT2D eigenvalue weighted by atomic mass is 32.1. The fourth-order valence-corrected chi connectivity index (χ4v) is 4.56. The molecule has 0 spiro atoms. The quantitative estimate of drug-likeness (QED) is 0.418. The summed E-state index contributed by atoms with van der Waals surface area (Å²) in [5.74, 6) is 0.649. The van der Waals surface area contributed by atoms with Crippen LogP contribution in [0, 0.1) is 0 Å². The maximum Gasteiger partial charge on any atom is 0.298 e. The molecule has 0 unspecified atom stereocenters. The van der Waals surface area contributed by atoms with Crippen molar-refractivity contribution in [1.82, 2.24) is 19.7 Å². The van der Waals surface area contributed by atoms with Crippen molar-refractivity contribution in [2.24, 2.45) is 0 Å². The number of nitrogens with zero attached hydrogens (tertiary/aromatic N) is 5. The number of ether oxygens (including phenoxy) is 1. The van der Waals surface area contributed by atoms with Crippen LogP contribution in [0.25, 0.3) is 16.4 Å². The molecule has 0 aliphatic carbocycles. The van der Waals surface area contributed by atoms with Gasteiger partial charge in [0.05, 0.1) is 23.8 Å². The van der Waals surface area contributed by atoms with E-state index in [9.17, 15) is 4.79 Å². The van der Waals surface area contributed by atoms with Gasteiger partial charge in [-0.15, -0.1) is 16.4 Å². The summed E-state index contributed by atoms with van der Waals surface area (Å²) in [6.45, 7) is 4.53. The van der Waals surface area contributed by atoms with E-state index in [4.69, 9.17) is 9.72 Å². The van der Waals surface area contributed by atoms with Crippen LogP contribution in [0.3, 0.4) is 0 Å². The number of aromatic nitrogens is 3. The van der Waals surface area contributed by atoms with Crippen LogP contribution in [0.5, 0.6) is 0 Å². The number of carbonyl (C=O) groups excluding carboxylic acids is 1. The molecule has 0 atom stereocenters. The summed E-state index contributed by atoms with van der Waals surface area (Å²) in [5.41, 5.74) is 1.71. The number of benzene rings is 2. The Labute approximate surface area is 196 Å². The Kier molecular flexibility index (Phi) is 6.57. The van der Waals surface area contributed by atoms with E-state index in [1.165, 1.54) is 0 Å². The normalized spacial score (nSPS) is 14.3. The molecule has 8 heteroatoms. The Morgan fingerprint density at radius 1 is 0.970 bits per heavy atom. The van der Waals surface area contributed by atoms with E-state index in [2.05, 4.69) is 10.00 Å². The summed E-state index contributed by atoms with van der Waals surface area (Å²) in [6, 6.07) is 23.5. The summed E-state index contributed by atoms with van der Waals surface area (Å²) < 4.78 is 7.21. The average Bonchev–Trinajstić information content (AvgIpc) is 3.56. The topological polar surface area (TPSA) is 63.5 Å². The van der Waals surface area contributed by atoms with Crippen LogP contribution in [0.2, 0.25) is 0 Å². The maximum atomic E-state index is 13.7. The van der Waals surface area contributed by atoms with Crippen molar-refractivity contribution < 1.29 is 9.53 Å². The minimum absolute atomic E-state index is 0.188. The monoisotopic (exact) mass is 459 g/mol. The van der Waals surface area contributed by atoms with Gasteiger partial charge in [0.25, 0.3) is 5.91 Å². The second kappa shape index (κ2) is 10.1. The summed E-state index contributed by atoms with van der Waals surface area (Å²) in [5, 5.41) is 6.66. The van der Waals surface area contributed by atoms with Gasteiger partial charge in [-0.1, -0.05) is 42.5 Å². The average molecular weight is 460 g/mol. The first-order valence-electron chi connectivity index (χ1n) is 11.0. The molecule has 4 aromatic rings. The molecule has 0 radical (unpaired) electrons. The van der Waals surface area contributed by atoms with Crippen LogP contribution in [0.4, 0.5) is 5.69 Å². The van der Waals surface area contributed by atoms with Gasteiger partial charge in [-0.25, -0.2) is 9.67 Å². The third-order valence-electron chi connectivity index (χ3n) is 5.60. The zero-order valence-corrected chi connectivity index (χ0v) is 19.0. The molecule has 0 saturated carbocycles. The van der Waals surface area contributed by atoms with E-state index in [-0.39, 0.29) is 11.7 Å². The van der Waals surface area contributed by atoms with E-state index in [1.807, 2.05) is 78.2 Å². The lowest BCUT2D eigenvalue weighted by Gasteiger charge is -2.29. The van der Waals surface area contributed by atoms with Crippen LogP contribution in [0.1, 0.15) is 10.6 Å². The number of carbonyl (C=O) groups is 1. The summed E-state index contributed by atoms with van der Waals surface area (Å²) in [7, 11) is 0. The molecule has 0 N–H and O–H groups in total. The van der Waals surface area contributed by atoms with E-state index < -0.39 is 0 Å². The molecule has 1 aliphatic rings.